The Bertz CT molecular complexity index is 516. The zero-order valence-electron chi connectivity index (χ0n) is 12.4. The molecule has 1 fully saturated rings. The van der Waals surface area contributed by atoms with Crippen molar-refractivity contribution in [1.29, 1.82) is 0 Å². The third-order valence-corrected chi connectivity index (χ3v) is 4.28. The van der Waals surface area contributed by atoms with Crippen LogP contribution in [-0.2, 0) is 4.74 Å². The normalized spacial score (nSPS) is 17.5. The third kappa shape index (κ3) is 4.18. The number of nitrogens with zero attached hydrogens (tertiary/aromatic N) is 1. The van der Waals surface area contributed by atoms with Gasteiger partial charge in [0.25, 0.3) is 5.91 Å². The van der Waals surface area contributed by atoms with Gasteiger partial charge in [0.15, 0.2) is 0 Å². The van der Waals surface area contributed by atoms with Crippen LogP contribution in [0.4, 0.5) is 0 Å². The summed E-state index contributed by atoms with van der Waals surface area (Å²) >= 11 is 3.26. The molecule has 2 rings (SSSR count). The number of nitrogens with one attached hydrogen (secondary N) is 1. The highest BCUT2D eigenvalue weighted by Gasteiger charge is 2.19. The summed E-state index contributed by atoms with van der Waals surface area (Å²) in [5.41, 5.74) is 1.22. The number of carbonyl (C=O) groups excluding carboxylic acids is 1. The molecule has 2 N–H and O–H groups in total. The van der Waals surface area contributed by atoms with E-state index in [1.165, 1.54) is 0 Å². The number of benzene rings is 1. The molecule has 6 heteroatoms. The molecule has 116 valence electrons. The minimum absolute atomic E-state index is 0.0166. The van der Waals surface area contributed by atoms with Gasteiger partial charge in [-0.2, -0.15) is 0 Å². The lowest BCUT2D eigenvalue weighted by atomic mass is 10.1. The fourth-order valence-electron chi connectivity index (χ4n) is 2.39. The van der Waals surface area contributed by atoms with Gasteiger partial charge in [-0.05, 0) is 47.5 Å². The second-order valence-electron chi connectivity index (χ2n) is 5.35. The molecule has 1 unspecified atom stereocenters. The summed E-state index contributed by atoms with van der Waals surface area (Å²) in [4.78, 5) is 14.5. The van der Waals surface area contributed by atoms with E-state index in [1.54, 1.807) is 12.1 Å². The van der Waals surface area contributed by atoms with Crippen LogP contribution in [0.25, 0.3) is 0 Å². The van der Waals surface area contributed by atoms with Crippen molar-refractivity contribution in [2.75, 3.05) is 32.8 Å². The van der Waals surface area contributed by atoms with Gasteiger partial charge in [-0.25, -0.2) is 0 Å². The number of hydrogen-bond acceptors (Lipinski definition) is 4. The third-order valence-electron chi connectivity index (χ3n) is 3.68. The molecule has 0 radical (unpaired) electrons. The number of hydrogen-bond donors (Lipinski definition) is 2. The van der Waals surface area contributed by atoms with Crippen LogP contribution in [0.1, 0.15) is 22.8 Å². The van der Waals surface area contributed by atoms with Gasteiger partial charge < -0.3 is 15.2 Å². The summed E-state index contributed by atoms with van der Waals surface area (Å²) in [5, 5.41) is 12.9. The second kappa shape index (κ2) is 7.24. The number of aryl methyl sites for hydroxylation is 1. The Labute approximate surface area is 133 Å². The fourth-order valence-corrected chi connectivity index (χ4v) is 2.97. The number of halogens is 1. The number of phenols is 1. The maximum atomic E-state index is 12.2. The van der Waals surface area contributed by atoms with E-state index in [-0.39, 0.29) is 17.7 Å². The SMILES string of the molecule is Cc1cc(Br)c(O)c(C(=O)NCC(C)N2CCOCC2)c1. The number of amides is 1. The molecule has 21 heavy (non-hydrogen) atoms. The first-order valence-corrected chi connectivity index (χ1v) is 7.87. The highest BCUT2D eigenvalue weighted by molar-refractivity contribution is 9.10. The second-order valence-corrected chi connectivity index (χ2v) is 6.20. The minimum atomic E-state index is -0.253. The van der Waals surface area contributed by atoms with Crippen LogP contribution in [0, 0.1) is 6.92 Å². The van der Waals surface area contributed by atoms with Gasteiger partial charge in [0.2, 0.25) is 0 Å². The number of ether oxygens (including phenoxy) is 1. The van der Waals surface area contributed by atoms with E-state index in [2.05, 4.69) is 33.1 Å². The Morgan fingerprint density at radius 3 is 2.81 bits per heavy atom. The smallest absolute Gasteiger partial charge is 0.255 e. The monoisotopic (exact) mass is 356 g/mol. The average molecular weight is 357 g/mol. The Morgan fingerprint density at radius 2 is 2.14 bits per heavy atom. The molecule has 0 aliphatic carbocycles. The molecule has 0 saturated carbocycles. The Morgan fingerprint density at radius 1 is 1.48 bits per heavy atom. The van der Waals surface area contributed by atoms with E-state index in [9.17, 15) is 9.90 Å². The molecule has 5 nitrogen and oxygen atoms in total. The van der Waals surface area contributed by atoms with Crippen LogP contribution in [0.3, 0.4) is 0 Å². The number of carbonyl (C=O) groups is 1. The highest BCUT2D eigenvalue weighted by atomic mass is 79.9. The van der Waals surface area contributed by atoms with Crippen LogP contribution < -0.4 is 5.32 Å². The summed E-state index contributed by atoms with van der Waals surface area (Å²) in [7, 11) is 0. The molecule has 1 heterocycles. The maximum Gasteiger partial charge on any atom is 0.255 e. The summed E-state index contributed by atoms with van der Waals surface area (Å²) in [6.07, 6.45) is 0. The standard InChI is InChI=1S/C15H21BrN2O3/c1-10-7-12(14(19)13(16)8-10)15(20)17-9-11(2)18-3-5-21-6-4-18/h7-8,11,19H,3-6,9H2,1-2H3,(H,17,20). The fraction of sp³-hybridized carbons (Fsp3) is 0.533. The number of morpholine rings is 1. The van der Waals surface area contributed by atoms with Crippen LogP contribution in [0.2, 0.25) is 0 Å². The van der Waals surface area contributed by atoms with E-state index >= 15 is 0 Å². The molecule has 1 aromatic carbocycles. The van der Waals surface area contributed by atoms with Crippen molar-refractivity contribution in [3.8, 4) is 5.75 Å². The van der Waals surface area contributed by atoms with E-state index in [1.807, 2.05) is 6.92 Å². The number of aromatic hydroxyl groups is 1. The average Bonchev–Trinajstić information content (AvgIpc) is 2.49. The summed E-state index contributed by atoms with van der Waals surface area (Å²) in [6.45, 7) is 7.77. The van der Waals surface area contributed by atoms with Gasteiger partial charge in [0.05, 0.1) is 23.2 Å². The zero-order valence-corrected chi connectivity index (χ0v) is 13.9. The number of phenolic OH excluding ortho intramolecular Hbond substituents is 1. The van der Waals surface area contributed by atoms with E-state index in [0.717, 1.165) is 31.9 Å². The van der Waals surface area contributed by atoms with Gasteiger partial charge in [0, 0.05) is 25.7 Å². The van der Waals surface area contributed by atoms with E-state index in [4.69, 9.17) is 4.74 Å². The summed E-state index contributed by atoms with van der Waals surface area (Å²) < 4.78 is 5.86. The Hall–Kier alpha value is -1.11. The lowest BCUT2D eigenvalue weighted by molar-refractivity contribution is 0.0204. The van der Waals surface area contributed by atoms with Gasteiger partial charge in [-0.3, -0.25) is 9.69 Å². The van der Waals surface area contributed by atoms with Crippen LogP contribution >= 0.6 is 15.9 Å². The highest BCUT2D eigenvalue weighted by Crippen LogP contribution is 2.29. The molecule has 1 amide bonds. The topological polar surface area (TPSA) is 61.8 Å². The first kappa shape index (κ1) is 16.3. The van der Waals surface area contributed by atoms with Crippen molar-refractivity contribution in [2.24, 2.45) is 0 Å². The molecule has 0 bridgehead atoms. The van der Waals surface area contributed by atoms with Crippen molar-refractivity contribution in [2.45, 2.75) is 19.9 Å². The maximum absolute atomic E-state index is 12.2. The number of rotatable bonds is 4. The van der Waals surface area contributed by atoms with Gasteiger partial charge >= 0.3 is 0 Å². The lowest BCUT2D eigenvalue weighted by Gasteiger charge is -2.32. The molecule has 1 atom stereocenters. The molecule has 1 aromatic rings. The predicted molar refractivity (Wildman–Crippen MR) is 84.7 cm³/mol. The zero-order chi connectivity index (χ0) is 15.4. The Balaban J connectivity index is 1.95. The van der Waals surface area contributed by atoms with Crippen LogP contribution in [0.5, 0.6) is 5.75 Å². The lowest BCUT2D eigenvalue weighted by Crippen LogP contribution is -2.47. The first-order chi connectivity index (χ1) is 9.99. The van der Waals surface area contributed by atoms with Crippen molar-refractivity contribution < 1.29 is 14.6 Å². The molecule has 1 saturated heterocycles. The molecule has 0 spiro atoms. The van der Waals surface area contributed by atoms with E-state index < -0.39 is 0 Å². The van der Waals surface area contributed by atoms with Crippen molar-refractivity contribution in [3.05, 3.63) is 27.7 Å². The largest absolute Gasteiger partial charge is 0.506 e. The van der Waals surface area contributed by atoms with Crippen molar-refractivity contribution in [1.82, 2.24) is 10.2 Å². The van der Waals surface area contributed by atoms with Crippen LogP contribution in [-0.4, -0.2) is 54.8 Å². The van der Waals surface area contributed by atoms with Gasteiger partial charge in [-0.1, -0.05) is 0 Å². The van der Waals surface area contributed by atoms with Gasteiger partial charge in [0.1, 0.15) is 5.75 Å². The van der Waals surface area contributed by atoms with Gasteiger partial charge in [-0.15, -0.1) is 0 Å². The molecule has 1 aliphatic heterocycles. The van der Waals surface area contributed by atoms with Crippen LogP contribution in [0.15, 0.2) is 16.6 Å². The molecule has 0 aromatic heterocycles. The van der Waals surface area contributed by atoms with Crippen molar-refractivity contribution >= 4 is 21.8 Å². The predicted octanol–water partition coefficient (Wildman–Crippen LogP) is 1.91. The Kier molecular flexibility index (Phi) is 5.61. The minimum Gasteiger partial charge on any atom is -0.506 e. The molecular weight excluding hydrogens is 336 g/mol. The quantitative estimate of drug-likeness (QED) is 0.864. The first-order valence-electron chi connectivity index (χ1n) is 7.08. The van der Waals surface area contributed by atoms with E-state index in [0.29, 0.717) is 16.6 Å². The summed E-state index contributed by atoms with van der Waals surface area (Å²) in [5.74, 6) is -0.269. The summed E-state index contributed by atoms with van der Waals surface area (Å²) in [6, 6.07) is 3.71. The van der Waals surface area contributed by atoms with Crippen molar-refractivity contribution in [3.63, 3.8) is 0 Å². The molecule has 1 aliphatic rings. The molecular formula is C15H21BrN2O3.